The fraction of sp³-hybridized carbons (Fsp3) is 0.270. The van der Waals surface area contributed by atoms with Crippen LogP contribution in [0.3, 0.4) is 0 Å². The number of carbonyl (C=O) groups is 5. The van der Waals surface area contributed by atoms with E-state index in [9.17, 15) is 28.8 Å². The third-order valence-electron chi connectivity index (χ3n) is 8.94. The minimum Gasteiger partial charge on any atom is -0.492 e. The number of hydrogen-bond acceptors (Lipinski definition) is 13. The number of ether oxygens (including phenoxy) is 2. The molecule has 1 saturated heterocycles. The summed E-state index contributed by atoms with van der Waals surface area (Å²) in [6.45, 7) is 1.40. The summed E-state index contributed by atoms with van der Waals surface area (Å²) in [7, 11) is 2.89. The number of pyridine rings is 1. The van der Waals surface area contributed by atoms with Crippen LogP contribution in [0.15, 0.2) is 76.1 Å². The Morgan fingerprint density at radius 3 is 2.61 bits per heavy atom. The second-order valence-electron chi connectivity index (χ2n) is 12.5. The van der Waals surface area contributed by atoms with Gasteiger partial charge in [0.1, 0.15) is 28.7 Å². The molecule has 1 fully saturated rings. The predicted octanol–water partition coefficient (Wildman–Crippen LogP) is 2.88. The summed E-state index contributed by atoms with van der Waals surface area (Å²) < 4.78 is 18.4. The maximum absolute atomic E-state index is 13.3. The lowest BCUT2D eigenvalue weighted by Gasteiger charge is -2.32. The number of nitrogens with zero attached hydrogens (tertiary/aromatic N) is 6. The number of likely N-dealkylation sites (tertiary alicyclic amines) is 1. The largest absolute Gasteiger partial charge is 0.492 e. The second kappa shape index (κ2) is 15.1. The average Bonchev–Trinajstić information content (AvgIpc) is 3.71. The van der Waals surface area contributed by atoms with Crippen molar-refractivity contribution in [3.05, 3.63) is 94.0 Å². The smallest absolute Gasteiger partial charge is 0.274 e. The van der Waals surface area contributed by atoms with Crippen molar-refractivity contribution < 1.29 is 37.9 Å². The first-order valence-electron chi connectivity index (χ1n) is 17.1. The third-order valence-corrected chi connectivity index (χ3v) is 8.94. The zero-order valence-corrected chi connectivity index (χ0v) is 29.2. The van der Waals surface area contributed by atoms with Gasteiger partial charge >= 0.3 is 0 Å². The highest BCUT2D eigenvalue weighted by molar-refractivity contribution is 6.25. The van der Waals surface area contributed by atoms with Crippen molar-refractivity contribution in [2.24, 2.45) is 7.05 Å². The Bertz CT molecular complexity index is 2350. The number of benzene rings is 2. The van der Waals surface area contributed by atoms with Crippen molar-refractivity contribution >= 4 is 52.0 Å². The summed E-state index contributed by atoms with van der Waals surface area (Å²) in [5.74, 6) is -1.74. The van der Waals surface area contributed by atoms with E-state index in [1.54, 1.807) is 48.5 Å². The van der Waals surface area contributed by atoms with E-state index in [0.29, 0.717) is 66.7 Å². The molecule has 276 valence electrons. The normalized spacial score (nSPS) is 15.6. The quantitative estimate of drug-likeness (QED) is 0.132. The average molecular weight is 735 g/mol. The summed E-state index contributed by atoms with van der Waals surface area (Å²) in [5.41, 5.74) is 2.66. The number of nitrogens with one attached hydrogen (secondary N) is 2. The molecule has 0 spiro atoms. The monoisotopic (exact) mass is 734 g/mol. The summed E-state index contributed by atoms with van der Waals surface area (Å²) in [6.07, 6.45) is 2.20. The molecule has 5 amide bonds. The van der Waals surface area contributed by atoms with Gasteiger partial charge in [-0.3, -0.25) is 38.6 Å². The van der Waals surface area contributed by atoms with E-state index in [1.807, 2.05) is 0 Å². The number of imide groups is 2. The molecule has 5 aromatic rings. The van der Waals surface area contributed by atoms with E-state index in [-0.39, 0.29) is 47.0 Å². The van der Waals surface area contributed by atoms with Gasteiger partial charge in [-0.15, -0.1) is 0 Å². The van der Waals surface area contributed by atoms with E-state index < -0.39 is 29.7 Å². The van der Waals surface area contributed by atoms with Crippen LogP contribution in [0, 0.1) is 0 Å². The molecule has 17 heteroatoms. The van der Waals surface area contributed by atoms with Crippen molar-refractivity contribution in [1.82, 2.24) is 29.5 Å². The van der Waals surface area contributed by atoms with Gasteiger partial charge in [0.2, 0.25) is 11.8 Å². The van der Waals surface area contributed by atoms with Gasteiger partial charge in [0.25, 0.3) is 29.2 Å². The summed E-state index contributed by atoms with van der Waals surface area (Å²) in [6, 6.07) is 15.0. The first-order chi connectivity index (χ1) is 26.1. The third kappa shape index (κ3) is 7.16. The summed E-state index contributed by atoms with van der Waals surface area (Å²) >= 11 is 0. The summed E-state index contributed by atoms with van der Waals surface area (Å²) in [5, 5.41) is 10.1. The minimum atomic E-state index is -1.02. The van der Waals surface area contributed by atoms with Crippen LogP contribution in [0.1, 0.15) is 50.5 Å². The van der Waals surface area contributed by atoms with Crippen LogP contribution >= 0.6 is 0 Å². The molecule has 7 rings (SSSR count). The van der Waals surface area contributed by atoms with Crippen LogP contribution in [0.5, 0.6) is 5.75 Å². The molecule has 2 aromatic carbocycles. The minimum absolute atomic E-state index is 0.0732. The standard InChI is InChI=1S/C37H34N8O9/c1-43-30(46)14-11-28(36(43)50)45-35(49)23-5-3-6-24(32(23)37(45)51)38-15-18-52-16-4-17-53-22-8-9-25(39-20-22)33(48)40-21-7-12-29-27(19-21)41-34(54-29)26-10-13-31(47)44(2)42-26/h3,5-10,12-13,19-20,28,38H,4,11,14-18H2,1-2H3,(H,40,48). The lowest BCUT2D eigenvalue weighted by atomic mass is 10.0. The molecule has 0 aliphatic carbocycles. The molecule has 0 bridgehead atoms. The zero-order valence-electron chi connectivity index (χ0n) is 29.2. The van der Waals surface area contributed by atoms with Gasteiger partial charge in [-0.25, -0.2) is 14.6 Å². The van der Waals surface area contributed by atoms with Crippen molar-refractivity contribution in [3.63, 3.8) is 0 Å². The maximum atomic E-state index is 13.3. The molecule has 0 radical (unpaired) electrons. The van der Waals surface area contributed by atoms with Gasteiger partial charge in [-0.05, 0) is 55.0 Å². The van der Waals surface area contributed by atoms with Crippen molar-refractivity contribution in [3.8, 4) is 17.3 Å². The van der Waals surface area contributed by atoms with E-state index in [0.717, 1.165) is 9.80 Å². The lowest BCUT2D eigenvalue weighted by Crippen LogP contribution is -2.54. The fourth-order valence-electron chi connectivity index (χ4n) is 6.11. The molecular weight excluding hydrogens is 700 g/mol. The number of rotatable bonds is 13. The molecule has 1 atom stereocenters. The van der Waals surface area contributed by atoms with Crippen LogP contribution in [-0.2, 0) is 21.4 Å². The van der Waals surface area contributed by atoms with Gasteiger partial charge in [0, 0.05) is 57.5 Å². The van der Waals surface area contributed by atoms with Crippen LogP contribution in [-0.4, -0.2) is 98.5 Å². The van der Waals surface area contributed by atoms with Crippen molar-refractivity contribution in [1.29, 1.82) is 0 Å². The number of hydrogen-bond donors (Lipinski definition) is 2. The first-order valence-corrected chi connectivity index (χ1v) is 17.1. The number of likely N-dealkylation sites (N-methyl/N-ethyl adjacent to an activating group) is 1. The van der Waals surface area contributed by atoms with Crippen LogP contribution in [0.25, 0.3) is 22.7 Å². The SMILES string of the molecule is CN1C(=O)CCC(N2C(=O)c3cccc(NCCOCCCOc4ccc(C(=O)Nc5ccc6oc(-c7ccc(=O)n(C)n7)nc6c5)nc4)c3C2=O)C1=O. The molecule has 3 aromatic heterocycles. The molecule has 17 nitrogen and oxygen atoms in total. The highest BCUT2D eigenvalue weighted by Crippen LogP contribution is 2.33. The first kappa shape index (κ1) is 35.6. The number of aromatic nitrogens is 4. The topological polar surface area (TPSA) is 208 Å². The molecule has 0 saturated carbocycles. The Morgan fingerprint density at radius 1 is 0.963 bits per heavy atom. The van der Waals surface area contributed by atoms with Gasteiger partial charge < -0.3 is 24.5 Å². The number of amides is 5. The Morgan fingerprint density at radius 2 is 1.81 bits per heavy atom. The van der Waals surface area contributed by atoms with E-state index in [4.69, 9.17) is 13.9 Å². The number of carbonyl (C=O) groups excluding carboxylic acids is 5. The van der Waals surface area contributed by atoms with E-state index in [2.05, 4.69) is 25.7 Å². The molecule has 1 unspecified atom stereocenters. The predicted molar refractivity (Wildman–Crippen MR) is 192 cm³/mol. The molecule has 2 aliphatic rings. The van der Waals surface area contributed by atoms with Crippen molar-refractivity contribution in [2.75, 3.05) is 44.0 Å². The number of fused-ring (bicyclic) bond motifs is 2. The molecule has 54 heavy (non-hydrogen) atoms. The van der Waals surface area contributed by atoms with E-state index in [1.165, 1.54) is 37.1 Å². The van der Waals surface area contributed by atoms with Gasteiger partial charge in [0.05, 0.1) is 30.5 Å². The fourth-order valence-corrected chi connectivity index (χ4v) is 6.11. The maximum Gasteiger partial charge on any atom is 0.274 e. The summed E-state index contributed by atoms with van der Waals surface area (Å²) in [4.78, 5) is 86.1. The highest BCUT2D eigenvalue weighted by Gasteiger charge is 2.47. The Balaban J connectivity index is 0.831. The lowest BCUT2D eigenvalue weighted by molar-refractivity contribution is -0.149. The highest BCUT2D eigenvalue weighted by atomic mass is 16.5. The number of oxazole rings is 1. The Hall–Kier alpha value is -6.75. The van der Waals surface area contributed by atoms with Crippen LogP contribution < -0.4 is 20.9 Å². The van der Waals surface area contributed by atoms with Gasteiger partial charge in [-0.1, -0.05) is 6.07 Å². The number of piperidine rings is 1. The number of anilines is 2. The molecule has 5 heterocycles. The molecule has 2 aliphatic heterocycles. The zero-order chi connectivity index (χ0) is 37.9. The van der Waals surface area contributed by atoms with Crippen LogP contribution in [0.4, 0.5) is 11.4 Å². The second-order valence-corrected chi connectivity index (χ2v) is 12.5. The van der Waals surface area contributed by atoms with E-state index >= 15 is 0 Å². The number of aryl methyl sites for hydroxylation is 1. The van der Waals surface area contributed by atoms with Gasteiger partial charge in [0.15, 0.2) is 5.58 Å². The van der Waals surface area contributed by atoms with Gasteiger partial charge in [-0.2, -0.15) is 5.10 Å². The van der Waals surface area contributed by atoms with Crippen molar-refractivity contribution in [2.45, 2.75) is 25.3 Å². The molecular formula is C37H34N8O9. The molecule has 2 N–H and O–H groups in total. The van der Waals surface area contributed by atoms with Crippen LogP contribution in [0.2, 0.25) is 0 Å². The Kier molecular flexibility index (Phi) is 9.95. The Labute approximate surface area is 306 Å².